The second kappa shape index (κ2) is 3.04. The van der Waals surface area contributed by atoms with Gasteiger partial charge in [0.25, 0.3) is 0 Å². The summed E-state index contributed by atoms with van der Waals surface area (Å²) in [5.74, 6) is 1.87. The fraction of sp³-hybridized carbons (Fsp3) is 0.500. The molecule has 1 saturated heterocycles. The summed E-state index contributed by atoms with van der Waals surface area (Å²) >= 11 is 0. The van der Waals surface area contributed by atoms with Crippen LogP contribution in [0.2, 0.25) is 0 Å². The van der Waals surface area contributed by atoms with Crippen LogP contribution in [0.4, 0.5) is 0 Å². The van der Waals surface area contributed by atoms with Crippen LogP contribution in [0.1, 0.15) is 24.6 Å². The molecule has 1 aliphatic heterocycles. The Labute approximate surface area is 93.3 Å². The van der Waals surface area contributed by atoms with Gasteiger partial charge in [-0.25, -0.2) is 9.97 Å². The van der Waals surface area contributed by atoms with Crippen LogP contribution in [0, 0.1) is 0 Å². The minimum absolute atomic E-state index is 0.386. The van der Waals surface area contributed by atoms with Crippen molar-refractivity contribution in [1.29, 1.82) is 0 Å². The maximum Gasteiger partial charge on any atom is 0.160 e. The van der Waals surface area contributed by atoms with E-state index < -0.39 is 0 Å². The van der Waals surface area contributed by atoms with Gasteiger partial charge in [0.15, 0.2) is 5.65 Å². The molecule has 2 aromatic rings. The topological polar surface area (TPSA) is 43.2 Å². The summed E-state index contributed by atoms with van der Waals surface area (Å²) in [5, 5.41) is 0. The number of ether oxygens (including phenoxy) is 1. The first kappa shape index (κ1) is 8.70. The summed E-state index contributed by atoms with van der Waals surface area (Å²) < 4.78 is 7.56. The lowest BCUT2D eigenvalue weighted by atomic mass is 10.3. The standard InChI is InChI=1S/C12H13N3O/c1-2-10-12(13-5-1)15(6-9-7-16-9)11(14-10)8-3-4-8/h1-2,5,8-9H,3-4,6-7H2/t9-/m0/s1. The fourth-order valence-corrected chi connectivity index (χ4v) is 2.19. The average Bonchev–Trinajstić information content (AvgIpc) is 3.19. The Hall–Kier alpha value is -1.42. The van der Waals surface area contributed by atoms with Crippen molar-refractivity contribution >= 4 is 11.2 Å². The highest BCUT2D eigenvalue weighted by Crippen LogP contribution is 2.40. The predicted octanol–water partition coefficient (Wildman–Crippen LogP) is 1.71. The van der Waals surface area contributed by atoms with Crippen molar-refractivity contribution in [2.45, 2.75) is 31.4 Å². The van der Waals surface area contributed by atoms with Crippen molar-refractivity contribution < 1.29 is 4.74 Å². The highest BCUT2D eigenvalue weighted by Gasteiger charge is 2.32. The van der Waals surface area contributed by atoms with Crippen LogP contribution in [0.3, 0.4) is 0 Å². The van der Waals surface area contributed by atoms with Crippen LogP contribution in [-0.2, 0) is 11.3 Å². The molecule has 2 fully saturated rings. The molecule has 0 unspecified atom stereocenters. The lowest BCUT2D eigenvalue weighted by molar-refractivity contribution is 0.382. The van der Waals surface area contributed by atoms with E-state index in [0.29, 0.717) is 12.0 Å². The van der Waals surface area contributed by atoms with Gasteiger partial charge in [0.05, 0.1) is 19.3 Å². The molecule has 0 N–H and O–H groups in total. The second-order valence-corrected chi connectivity index (χ2v) is 4.66. The Bertz CT molecular complexity index is 540. The molecule has 1 saturated carbocycles. The molecule has 16 heavy (non-hydrogen) atoms. The van der Waals surface area contributed by atoms with Gasteiger partial charge in [0.2, 0.25) is 0 Å². The molecule has 0 radical (unpaired) electrons. The third kappa shape index (κ3) is 1.33. The Morgan fingerprint density at radius 3 is 3.06 bits per heavy atom. The van der Waals surface area contributed by atoms with Crippen LogP contribution in [0.5, 0.6) is 0 Å². The van der Waals surface area contributed by atoms with Crippen molar-refractivity contribution in [2.24, 2.45) is 0 Å². The van der Waals surface area contributed by atoms with Gasteiger partial charge in [-0.2, -0.15) is 0 Å². The quantitative estimate of drug-likeness (QED) is 0.732. The lowest BCUT2D eigenvalue weighted by Crippen LogP contribution is -2.08. The van der Waals surface area contributed by atoms with E-state index in [0.717, 1.165) is 24.3 Å². The maximum absolute atomic E-state index is 5.31. The Morgan fingerprint density at radius 1 is 1.44 bits per heavy atom. The van der Waals surface area contributed by atoms with Crippen LogP contribution in [0.15, 0.2) is 18.3 Å². The number of rotatable bonds is 3. The molecule has 82 valence electrons. The average molecular weight is 215 g/mol. The van der Waals surface area contributed by atoms with Gasteiger partial charge in [0, 0.05) is 12.1 Å². The van der Waals surface area contributed by atoms with E-state index >= 15 is 0 Å². The molecule has 0 aromatic carbocycles. The number of aromatic nitrogens is 3. The van der Waals surface area contributed by atoms with E-state index in [9.17, 15) is 0 Å². The monoisotopic (exact) mass is 215 g/mol. The first-order valence-electron chi connectivity index (χ1n) is 5.84. The molecular formula is C12H13N3O. The smallest absolute Gasteiger partial charge is 0.160 e. The number of nitrogens with zero attached hydrogens (tertiary/aromatic N) is 3. The SMILES string of the molecule is c1cnc2c(c1)nc(C1CC1)n2C[C@H]1CO1. The third-order valence-electron chi connectivity index (χ3n) is 3.26. The van der Waals surface area contributed by atoms with Crippen LogP contribution in [-0.4, -0.2) is 27.2 Å². The van der Waals surface area contributed by atoms with E-state index in [-0.39, 0.29) is 0 Å². The molecule has 4 heteroatoms. The highest BCUT2D eigenvalue weighted by molar-refractivity contribution is 5.71. The summed E-state index contributed by atoms with van der Waals surface area (Å²) in [6, 6.07) is 3.99. The van der Waals surface area contributed by atoms with Crippen molar-refractivity contribution in [3.05, 3.63) is 24.2 Å². The number of fused-ring (bicyclic) bond motifs is 1. The van der Waals surface area contributed by atoms with Gasteiger partial charge in [-0.1, -0.05) is 0 Å². The third-order valence-corrected chi connectivity index (χ3v) is 3.26. The van der Waals surface area contributed by atoms with Gasteiger partial charge in [-0.15, -0.1) is 0 Å². The number of epoxide rings is 1. The molecular weight excluding hydrogens is 202 g/mol. The van der Waals surface area contributed by atoms with Crippen molar-refractivity contribution in [1.82, 2.24) is 14.5 Å². The summed E-state index contributed by atoms with van der Waals surface area (Å²) in [6.07, 6.45) is 4.77. The highest BCUT2D eigenvalue weighted by atomic mass is 16.6. The summed E-state index contributed by atoms with van der Waals surface area (Å²) in [4.78, 5) is 9.14. The minimum Gasteiger partial charge on any atom is -0.371 e. The molecule has 4 rings (SSSR count). The molecule has 2 aliphatic rings. The fourth-order valence-electron chi connectivity index (χ4n) is 2.19. The molecule has 1 aliphatic carbocycles. The first-order chi connectivity index (χ1) is 7.92. The molecule has 0 bridgehead atoms. The Kier molecular flexibility index (Phi) is 1.65. The molecule has 0 spiro atoms. The molecule has 2 aromatic heterocycles. The Balaban J connectivity index is 1.88. The van der Waals surface area contributed by atoms with E-state index in [1.54, 1.807) is 0 Å². The zero-order valence-corrected chi connectivity index (χ0v) is 8.97. The molecule has 4 nitrogen and oxygen atoms in total. The molecule has 3 heterocycles. The Morgan fingerprint density at radius 2 is 2.31 bits per heavy atom. The van der Waals surface area contributed by atoms with E-state index in [4.69, 9.17) is 9.72 Å². The predicted molar refractivity (Wildman–Crippen MR) is 59.2 cm³/mol. The van der Waals surface area contributed by atoms with Crippen LogP contribution in [0.25, 0.3) is 11.2 Å². The normalized spacial score (nSPS) is 23.9. The number of hydrogen-bond acceptors (Lipinski definition) is 3. The zero-order chi connectivity index (χ0) is 10.5. The van der Waals surface area contributed by atoms with Crippen LogP contribution >= 0.6 is 0 Å². The van der Waals surface area contributed by atoms with E-state index in [1.807, 2.05) is 18.3 Å². The van der Waals surface area contributed by atoms with Gasteiger partial charge < -0.3 is 9.30 Å². The number of pyridine rings is 1. The number of imidazole rings is 1. The largest absolute Gasteiger partial charge is 0.371 e. The zero-order valence-electron chi connectivity index (χ0n) is 8.97. The van der Waals surface area contributed by atoms with Gasteiger partial charge in [0.1, 0.15) is 11.3 Å². The van der Waals surface area contributed by atoms with Crippen LogP contribution < -0.4 is 0 Å². The van der Waals surface area contributed by atoms with E-state index in [2.05, 4.69) is 9.55 Å². The van der Waals surface area contributed by atoms with Gasteiger partial charge in [-0.05, 0) is 25.0 Å². The number of hydrogen-bond donors (Lipinski definition) is 0. The lowest BCUT2D eigenvalue weighted by Gasteiger charge is -2.04. The van der Waals surface area contributed by atoms with E-state index in [1.165, 1.54) is 18.7 Å². The van der Waals surface area contributed by atoms with Crippen molar-refractivity contribution in [3.8, 4) is 0 Å². The first-order valence-corrected chi connectivity index (χ1v) is 5.84. The minimum atomic E-state index is 0.386. The summed E-state index contributed by atoms with van der Waals surface area (Å²) in [5.41, 5.74) is 2.03. The van der Waals surface area contributed by atoms with Gasteiger partial charge in [-0.3, -0.25) is 0 Å². The molecule has 1 atom stereocenters. The molecule has 0 amide bonds. The summed E-state index contributed by atoms with van der Waals surface area (Å²) in [6.45, 7) is 1.80. The van der Waals surface area contributed by atoms with Crippen molar-refractivity contribution in [2.75, 3.05) is 6.61 Å². The van der Waals surface area contributed by atoms with Crippen molar-refractivity contribution in [3.63, 3.8) is 0 Å². The van der Waals surface area contributed by atoms with Gasteiger partial charge >= 0.3 is 0 Å². The second-order valence-electron chi connectivity index (χ2n) is 4.66. The maximum atomic E-state index is 5.31. The summed E-state index contributed by atoms with van der Waals surface area (Å²) in [7, 11) is 0.